The minimum atomic E-state index is -0.783. The molecule has 0 aliphatic heterocycles. The predicted molar refractivity (Wildman–Crippen MR) is 83.0 cm³/mol. The van der Waals surface area contributed by atoms with Crippen LogP contribution in [0.15, 0.2) is 60.7 Å². The van der Waals surface area contributed by atoms with E-state index in [2.05, 4.69) is 10.6 Å². The van der Waals surface area contributed by atoms with Gasteiger partial charge in [-0.2, -0.15) is 0 Å². The average molecular weight is 298 g/mol. The maximum atomic E-state index is 11.9. The lowest BCUT2D eigenvalue weighted by Gasteiger charge is -2.17. The molecule has 0 unspecified atom stereocenters. The maximum absolute atomic E-state index is 11.9. The van der Waals surface area contributed by atoms with Crippen molar-refractivity contribution in [1.29, 1.82) is 0 Å². The van der Waals surface area contributed by atoms with E-state index in [9.17, 15) is 9.59 Å². The third kappa shape index (κ3) is 4.34. The van der Waals surface area contributed by atoms with Crippen molar-refractivity contribution < 1.29 is 14.3 Å². The van der Waals surface area contributed by atoms with Crippen LogP contribution in [-0.2, 0) is 16.1 Å². The lowest BCUT2D eigenvalue weighted by atomic mass is 10.1. The first kappa shape index (κ1) is 15.6. The van der Waals surface area contributed by atoms with Gasteiger partial charge in [-0.05, 0) is 11.1 Å². The maximum Gasteiger partial charge on any atom is 0.408 e. The molecule has 22 heavy (non-hydrogen) atoms. The molecule has 114 valence electrons. The number of hydrogen-bond donors (Lipinski definition) is 2. The van der Waals surface area contributed by atoms with Gasteiger partial charge in [-0.15, -0.1) is 0 Å². The number of ether oxygens (including phenoxy) is 1. The Kier molecular flexibility index (Phi) is 5.54. The van der Waals surface area contributed by atoms with Gasteiger partial charge in [0, 0.05) is 7.05 Å². The zero-order valence-electron chi connectivity index (χ0n) is 12.3. The highest BCUT2D eigenvalue weighted by molar-refractivity contribution is 5.86. The lowest BCUT2D eigenvalue weighted by molar-refractivity contribution is -0.122. The molecule has 1 atom stereocenters. The van der Waals surface area contributed by atoms with Crippen LogP contribution < -0.4 is 10.6 Å². The number of alkyl carbamates (subject to hydrolysis) is 1. The zero-order chi connectivity index (χ0) is 15.8. The highest BCUT2D eigenvalue weighted by atomic mass is 16.5. The number of rotatable bonds is 5. The first-order chi connectivity index (χ1) is 10.7. The molecule has 0 fully saturated rings. The summed E-state index contributed by atoms with van der Waals surface area (Å²) >= 11 is 0. The monoisotopic (exact) mass is 298 g/mol. The molecular weight excluding hydrogens is 280 g/mol. The molecule has 0 bridgehead atoms. The molecule has 2 amide bonds. The number of carbonyl (C=O) groups excluding carboxylic acids is 2. The Morgan fingerprint density at radius 2 is 1.59 bits per heavy atom. The summed E-state index contributed by atoms with van der Waals surface area (Å²) in [6.45, 7) is 0.155. The third-order valence-electron chi connectivity index (χ3n) is 3.12. The van der Waals surface area contributed by atoms with E-state index in [0.717, 1.165) is 5.56 Å². The molecule has 0 saturated heterocycles. The fourth-order valence-corrected chi connectivity index (χ4v) is 1.97. The fourth-order valence-electron chi connectivity index (χ4n) is 1.97. The van der Waals surface area contributed by atoms with Gasteiger partial charge >= 0.3 is 6.09 Å². The molecule has 0 aliphatic carbocycles. The minimum absolute atomic E-state index is 0.155. The summed E-state index contributed by atoms with van der Waals surface area (Å²) in [6, 6.07) is 17.6. The van der Waals surface area contributed by atoms with E-state index in [1.807, 2.05) is 48.5 Å². The van der Waals surface area contributed by atoms with Gasteiger partial charge in [0.1, 0.15) is 12.6 Å². The topological polar surface area (TPSA) is 67.4 Å². The van der Waals surface area contributed by atoms with Crippen molar-refractivity contribution in [2.24, 2.45) is 0 Å². The van der Waals surface area contributed by atoms with E-state index in [-0.39, 0.29) is 12.5 Å². The van der Waals surface area contributed by atoms with Gasteiger partial charge in [-0.1, -0.05) is 60.7 Å². The average Bonchev–Trinajstić information content (AvgIpc) is 2.59. The van der Waals surface area contributed by atoms with Crippen molar-refractivity contribution in [2.75, 3.05) is 7.05 Å². The van der Waals surface area contributed by atoms with Gasteiger partial charge in [0.25, 0.3) is 0 Å². The van der Waals surface area contributed by atoms with Crippen LogP contribution in [0.5, 0.6) is 0 Å². The third-order valence-corrected chi connectivity index (χ3v) is 3.12. The van der Waals surface area contributed by atoms with Crippen LogP contribution in [0.2, 0.25) is 0 Å². The number of nitrogens with one attached hydrogen (secondary N) is 2. The Morgan fingerprint density at radius 1 is 1.00 bits per heavy atom. The van der Waals surface area contributed by atoms with Crippen LogP contribution >= 0.6 is 0 Å². The van der Waals surface area contributed by atoms with E-state index < -0.39 is 12.1 Å². The molecule has 0 aromatic heterocycles. The van der Waals surface area contributed by atoms with E-state index in [0.29, 0.717) is 5.56 Å². The normalized spacial score (nSPS) is 11.3. The van der Waals surface area contributed by atoms with E-state index in [1.165, 1.54) is 7.05 Å². The van der Waals surface area contributed by atoms with Crippen molar-refractivity contribution >= 4 is 12.0 Å². The van der Waals surface area contributed by atoms with E-state index in [4.69, 9.17) is 4.74 Å². The van der Waals surface area contributed by atoms with Crippen LogP contribution in [0.3, 0.4) is 0 Å². The second kappa shape index (κ2) is 7.83. The number of amides is 2. The van der Waals surface area contributed by atoms with Gasteiger partial charge in [-0.25, -0.2) is 4.79 Å². The molecule has 2 rings (SSSR count). The van der Waals surface area contributed by atoms with Gasteiger partial charge in [0.2, 0.25) is 5.91 Å². The summed E-state index contributed by atoms with van der Waals surface area (Å²) < 4.78 is 5.14. The Hall–Kier alpha value is -2.82. The molecule has 2 aromatic carbocycles. The highest BCUT2D eigenvalue weighted by Crippen LogP contribution is 2.13. The largest absolute Gasteiger partial charge is 0.445 e. The lowest BCUT2D eigenvalue weighted by Crippen LogP contribution is -2.39. The highest BCUT2D eigenvalue weighted by Gasteiger charge is 2.22. The Bertz CT molecular complexity index is 614. The standard InChI is InChI=1S/C17H18N2O3/c1-18-16(20)15(14-10-6-3-7-11-14)19-17(21)22-12-13-8-4-2-5-9-13/h2-11,15H,12H2,1H3,(H,18,20)(H,19,21)/t15-/m0/s1. The Morgan fingerprint density at radius 3 is 2.18 bits per heavy atom. The molecule has 0 radical (unpaired) electrons. The summed E-state index contributed by atoms with van der Waals surface area (Å²) in [5, 5.41) is 5.11. The van der Waals surface area contributed by atoms with Crippen LogP contribution in [0, 0.1) is 0 Å². The Balaban J connectivity index is 1.98. The summed E-state index contributed by atoms with van der Waals surface area (Å²) in [6.07, 6.45) is -0.638. The van der Waals surface area contributed by atoms with Gasteiger partial charge in [0.05, 0.1) is 0 Å². The molecular formula is C17H18N2O3. The SMILES string of the molecule is CNC(=O)[C@@H](NC(=O)OCc1ccccc1)c1ccccc1. The van der Waals surface area contributed by atoms with Crippen molar-refractivity contribution in [3.05, 3.63) is 71.8 Å². The summed E-state index contributed by atoms with van der Waals surface area (Å²) in [5.41, 5.74) is 1.58. The second-order valence-electron chi connectivity index (χ2n) is 4.66. The minimum Gasteiger partial charge on any atom is -0.445 e. The van der Waals surface area contributed by atoms with Crippen LogP contribution in [0.1, 0.15) is 17.2 Å². The van der Waals surface area contributed by atoms with E-state index >= 15 is 0 Å². The van der Waals surface area contributed by atoms with Crippen LogP contribution in [0.4, 0.5) is 4.79 Å². The number of benzene rings is 2. The molecule has 0 spiro atoms. The zero-order valence-corrected chi connectivity index (χ0v) is 12.3. The fraction of sp³-hybridized carbons (Fsp3) is 0.176. The molecule has 5 nitrogen and oxygen atoms in total. The summed E-state index contributed by atoms with van der Waals surface area (Å²) in [7, 11) is 1.52. The second-order valence-corrected chi connectivity index (χ2v) is 4.66. The first-order valence-electron chi connectivity index (χ1n) is 6.94. The summed E-state index contributed by atoms with van der Waals surface area (Å²) in [4.78, 5) is 23.8. The molecule has 2 N–H and O–H groups in total. The number of carbonyl (C=O) groups is 2. The molecule has 2 aromatic rings. The van der Waals surface area contributed by atoms with Crippen molar-refractivity contribution in [3.63, 3.8) is 0 Å². The van der Waals surface area contributed by atoms with Crippen molar-refractivity contribution in [2.45, 2.75) is 12.6 Å². The first-order valence-corrected chi connectivity index (χ1v) is 6.94. The molecule has 0 saturated carbocycles. The molecule has 0 heterocycles. The van der Waals surface area contributed by atoms with Crippen LogP contribution in [-0.4, -0.2) is 19.0 Å². The van der Waals surface area contributed by atoms with Crippen molar-refractivity contribution in [1.82, 2.24) is 10.6 Å². The molecule has 5 heteroatoms. The quantitative estimate of drug-likeness (QED) is 0.890. The van der Waals surface area contributed by atoms with Gasteiger partial charge in [-0.3, -0.25) is 4.79 Å². The van der Waals surface area contributed by atoms with E-state index in [1.54, 1.807) is 12.1 Å². The van der Waals surface area contributed by atoms with Crippen LogP contribution in [0.25, 0.3) is 0 Å². The summed E-state index contributed by atoms with van der Waals surface area (Å²) in [5.74, 6) is -0.303. The van der Waals surface area contributed by atoms with Gasteiger partial charge < -0.3 is 15.4 Å². The smallest absolute Gasteiger partial charge is 0.408 e. The number of hydrogen-bond acceptors (Lipinski definition) is 3. The predicted octanol–water partition coefficient (Wildman–Crippen LogP) is 2.40. The number of likely N-dealkylation sites (N-methyl/N-ethyl adjacent to an activating group) is 1. The molecule has 0 aliphatic rings. The Labute approximate surface area is 129 Å². The van der Waals surface area contributed by atoms with Gasteiger partial charge in [0.15, 0.2) is 0 Å². The van der Waals surface area contributed by atoms with Crippen molar-refractivity contribution in [3.8, 4) is 0 Å².